The highest BCUT2D eigenvalue weighted by Crippen LogP contribution is 2.14. The number of aryl methyl sites for hydroxylation is 2. The van der Waals surface area contributed by atoms with Crippen molar-refractivity contribution in [3.8, 4) is 0 Å². The maximum absolute atomic E-state index is 12.5. The molecular weight excluding hydrogens is 300 g/mol. The Bertz CT molecular complexity index is 720. The minimum atomic E-state index is -0.537. The first-order valence-electron chi connectivity index (χ1n) is 7.20. The zero-order valence-electron chi connectivity index (χ0n) is 13.6. The maximum Gasteiger partial charge on any atom is 0.390 e. The molecule has 124 valence electrons. The van der Waals surface area contributed by atoms with E-state index in [1.54, 1.807) is 36.7 Å². The standard InChI is InChI=1S/C14H20N6O3/c1-10(8-19-11(2)7-13(16-19)20(22)23)14(21)17(3)9-12-5-6-15-18(12)4/h5-7,10H,8-9H2,1-4H3. The van der Waals surface area contributed by atoms with Gasteiger partial charge in [-0.25, -0.2) is 0 Å². The molecule has 0 aliphatic rings. The fourth-order valence-electron chi connectivity index (χ4n) is 2.36. The highest BCUT2D eigenvalue weighted by atomic mass is 16.6. The number of nitrogens with zero attached hydrogens (tertiary/aromatic N) is 6. The van der Waals surface area contributed by atoms with Crippen LogP contribution in [0.25, 0.3) is 0 Å². The third kappa shape index (κ3) is 3.74. The number of carbonyl (C=O) groups excluding carboxylic acids is 1. The van der Waals surface area contributed by atoms with E-state index in [4.69, 9.17) is 0 Å². The second kappa shape index (κ2) is 6.59. The first-order chi connectivity index (χ1) is 10.8. The van der Waals surface area contributed by atoms with Crippen molar-refractivity contribution in [2.45, 2.75) is 26.9 Å². The van der Waals surface area contributed by atoms with Gasteiger partial charge in [0.2, 0.25) is 5.91 Å². The topological polar surface area (TPSA) is 99.1 Å². The zero-order valence-corrected chi connectivity index (χ0v) is 13.6. The molecule has 2 aromatic rings. The summed E-state index contributed by atoms with van der Waals surface area (Å²) < 4.78 is 3.22. The average molecular weight is 320 g/mol. The van der Waals surface area contributed by atoms with Crippen molar-refractivity contribution >= 4 is 11.7 Å². The van der Waals surface area contributed by atoms with Gasteiger partial charge in [-0.1, -0.05) is 6.92 Å². The molecule has 0 aromatic carbocycles. The molecule has 9 heteroatoms. The second-order valence-electron chi connectivity index (χ2n) is 5.62. The van der Waals surface area contributed by atoms with Gasteiger partial charge in [0.05, 0.1) is 41.6 Å². The maximum atomic E-state index is 12.5. The fourth-order valence-corrected chi connectivity index (χ4v) is 2.36. The van der Waals surface area contributed by atoms with Crippen molar-refractivity contribution in [3.63, 3.8) is 0 Å². The SMILES string of the molecule is Cc1cc([N+](=O)[O-])nn1CC(C)C(=O)N(C)Cc1ccnn1C. The van der Waals surface area contributed by atoms with Gasteiger partial charge in [-0.3, -0.25) is 9.48 Å². The van der Waals surface area contributed by atoms with Crippen molar-refractivity contribution in [1.82, 2.24) is 24.5 Å². The normalized spacial score (nSPS) is 12.2. The number of rotatable bonds is 6. The summed E-state index contributed by atoms with van der Waals surface area (Å²) in [5, 5.41) is 18.7. The van der Waals surface area contributed by atoms with Gasteiger partial charge < -0.3 is 15.0 Å². The van der Waals surface area contributed by atoms with Crippen molar-refractivity contribution in [2.24, 2.45) is 13.0 Å². The van der Waals surface area contributed by atoms with Crippen molar-refractivity contribution in [2.75, 3.05) is 7.05 Å². The van der Waals surface area contributed by atoms with Crippen molar-refractivity contribution in [1.29, 1.82) is 0 Å². The third-order valence-corrected chi connectivity index (χ3v) is 3.72. The number of amides is 1. The number of hydrogen-bond acceptors (Lipinski definition) is 5. The van der Waals surface area contributed by atoms with Crippen LogP contribution in [0.3, 0.4) is 0 Å². The Morgan fingerprint density at radius 1 is 1.52 bits per heavy atom. The van der Waals surface area contributed by atoms with E-state index >= 15 is 0 Å². The Hall–Kier alpha value is -2.71. The Morgan fingerprint density at radius 3 is 2.74 bits per heavy atom. The van der Waals surface area contributed by atoms with Gasteiger partial charge in [0, 0.05) is 20.3 Å². The Kier molecular flexibility index (Phi) is 4.77. The van der Waals surface area contributed by atoms with E-state index in [-0.39, 0.29) is 17.6 Å². The minimum absolute atomic E-state index is 0.0521. The summed E-state index contributed by atoms with van der Waals surface area (Å²) in [5.41, 5.74) is 1.59. The van der Waals surface area contributed by atoms with E-state index in [1.165, 1.54) is 10.7 Å². The lowest BCUT2D eigenvalue weighted by Crippen LogP contribution is -2.34. The predicted molar refractivity (Wildman–Crippen MR) is 82.5 cm³/mol. The molecule has 0 aliphatic heterocycles. The molecule has 9 nitrogen and oxygen atoms in total. The van der Waals surface area contributed by atoms with Crippen LogP contribution >= 0.6 is 0 Å². The van der Waals surface area contributed by atoms with Gasteiger partial charge >= 0.3 is 5.82 Å². The monoisotopic (exact) mass is 320 g/mol. The van der Waals surface area contributed by atoms with Crippen LogP contribution in [0.1, 0.15) is 18.3 Å². The highest BCUT2D eigenvalue weighted by Gasteiger charge is 2.23. The molecule has 0 spiro atoms. The summed E-state index contributed by atoms with van der Waals surface area (Å²) in [5.74, 6) is -0.597. The van der Waals surface area contributed by atoms with E-state index in [0.717, 1.165) is 5.69 Å². The van der Waals surface area contributed by atoms with E-state index in [9.17, 15) is 14.9 Å². The van der Waals surface area contributed by atoms with Gasteiger partial charge in [-0.2, -0.15) is 9.78 Å². The number of hydrogen-bond donors (Lipinski definition) is 0. The van der Waals surface area contributed by atoms with Crippen molar-refractivity contribution < 1.29 is 9.72 Å². The quantitative estimate of drug-likeness (QED) is 0.587. The first-order valence-corrected chi connectivity index (χ1v) is 7.20. The van der Waals surface area contributed by atoms with Crippen LogP contribution in [0.4, 0.5) is 5.82 Å². The molecule has 1 amide bonds. The fraction of sp³-hybridized carbons (Fsp3) is 0.500. The second-order valence-corrected chi connectivity index (χ2v) is 5.62. The molecule has 2 heterocycles. The Balaban J connectivity index is 2.02. The van der Waals surface area contributed by atoms with Gasteiger partial charge in [0.15, 0.2) is 0 Å². The van der Waals surface area contributed by atoms with Gasteiger partial charge in [-0.15, -0.1) is 0 Å². The lowest BCUT2D eigenvalue weighted by atomic mass is 10.1. The molecule has 1 unspecified atom stereocenters. The van der Waals surface area contributed by atoms with Crippen LogP contribution in [0.15, 0.2) is 18.3 Å². The number of carbonyl (C=O) groups is 1. The van der Waals surface area contributed by atoms with Crippen molar-refractivity contribution in [3.05, 3.63) is 39.8 Å². The largest absolute Gasteiger partial charge is 0.390 e. The molecule has 0 N–H and O–H groups in total. The Morgan fingerprint density at radius 2 is 2.22 bits per heavy atom. The first kappa shape index (κ1) is 16.7. The van der Waals surface area contributed by atoms with E-state index in [2.05, 4.69) is 10.2 Å². The summed E-state index contributed by atoms with van der Waals surface area (Å²) in [7, 11) is 3.55. The number of aromatic nitrogens is 4. The Labute approximate surface area is 133 Å². The molecular formula is C14H20N6O3. The molecule has 23 heavy (non-hydrogen) atoms. The van der Waals surface area contributed by atoms with Gasteiger partial charge in [-0.05, 0) is 17.9 Å². The predicted octanol–water partition coefficient (Wildman–Crippen LogP) is 1.13. The summed E-state index contributed by atoms with van der Waals surface area (Å²) >= 11 is 0. The molecule has 0 radical (unpaired) electrons. The van der Waals surface area contributed by atoms with E-state index < -0.39 is 4.92 Å². The lowest BCUT2D eigenvalue weighted by Gasteiger charge is -2.21. The molecule has 1 atom stereocenters. The highest BCUT2D eigenvalue weighted by molar-refractivity contribution is 5.78. The van der Waals surface area contributed by atoms with Crippen LogP contribution in [0, 0.1) is 23.0 Å². The summed E-state index contributed by atoms with van der Waals surface area (Å²) in [4.78, 5) is 24.3. The van der Waals surface area contributed by atoms with Gasteiger partial charge in [0.25, 0.3) is 0 Å². The average Bonchev–Trinajstić information content (AvgIpc) is 3.05. The summed E-state index contributed by atoms with van der Waals surface area (Å²) in [6, 6.07) is 3.26. The number of nitro groups is 1. The molecule has 0 aliphatic carbocycles. The van der Waals surface area contributed by atoms with E-state index in [0.29, 0.717) is 18.8 Å². The zero-order chi connectivity index (χ0) is 17.1. The smallest absolute Gasteiger partial charge is 0.358 e. The summed E-state index contributed by atoms with van der Waals surface area (Å²) in [6.07, 6.45) is 1.68. The molecule has 0 saturated heterocycles. The van der Waals surface area contributed by atoms with Crippen LogP contribution in [-0.2, 0) is 24.9 Å². The van der Waals surface area contributed by atoms with Crippen LogP contribution in [0.5, 0.6) is 0 Å². The third-order valence-electron chi connectivity index (χ3n) is 3.72. The van der Waals surface area contributed by atoms with Crippen LogP contribution < -0.4 is 0 Å². The molecule has 2 aromatic heterocycles. The molecule has 0 fully saturated rings. The van der Waals surface area contributed by atoms with Crippen LogP contribution in [-0.4, -0.2) is 42.3 Å². The molecule has 0 bridgehead atoms. The van der Waals surface area contributed by atoms with Gasteiger partial charge in [0.1, 0.15) is 0 Å². The summed E-state index contributed by atoms with van der Waals surface area (Å²) in [6.45, 7) is 4.28. The molecule has 0 saturated carbocycles. The lowest BCUT2D eigenvalue weighted by molar-refractivity contribution is -0.389. The van der Waals surface area contributed by atoms with Crippen LogP contribution in [0.2, 0.25) is 0 Å². The van der Waals surface area contributed by atoms with E-state index in [1.807, 2.05) is 13.1 Å². The molecule has 2 rings (SSSR count). The minimum Gasteiger partial charge on any atom is -0.358 e.